The number of hydrogen-bond acceptors (Lipinski definition) is 5. The van der Waals surface area contributed by atoms with Gasteiger partial charge in [-0.15, -0.1) is 0 Å². The Hall–Kier alpha value is -0.910. The van der Waals surface area contributed by atoms with Crippen molar-refractivity contribution >= 4 is 5.97 Å². The molecule has 0 aromatic rings. The van der Waals surface area contributed by atoms with Crippen LogP contribution in [0.4, 0.5) is 0 Å². The van der Waals surface area contributed by atoms with Gasteiger partial charge in [0, 0.05) is 25.7 Å². The van der Waals surface area contributed by atoms with Crippen molar-refractivity contribution < 1.29 is 9.53 Å². The summed E-state index contributed by atoms with van der Waals surface area (Å²) >= 11 is 0. The smallest absolute Gasteiger partial charge is 0.330 e. The van der Waals surface area contributed by atoms with Crippen LogP contribution < -0.4 is 0 Å². The molecule has 1 rings (SSSR count). The standard InChI is InChI=1S/C19H37N3O2/c1-8-17(23)24-11-9-10-20-14-21(12-18(2,3)4)16-22(15-20)13-19(5,6)7/h8H,1,9-16H2,2-7H3. The van der Waals surface area contributed by atoms with Crippen molar-refractivity contribution in [3.05, 3.63) is 12.7 Å². The average molecular weight is 340 g/mol. The number of nitrogens with zero attached hydrogens (tertiary/aromatic N) is 3. The number of carbonyl (C=O) groups is 1. The first kappa shape index (κ1) is 21.1. The van der Waals surface area contributed by atoms with Crippen molar-refractivity contribution in [3.63, 3.8) is 0 Å². The van der Waals surface area contributed by atoms with Crippen LogP contribution >= 0.6 is 0 Å². The molecule has 140 valence electrons. The molecule has 24 heavy (non-hydrogen) atoms. The Morgan fingerprint density at radius 3 is 1.83 bits per heavy atom. The maximum atomic E-state index is 11.1. The lowest BCUT2D eigenvalue weighted by Gasteiger charge is -2.46. The first-order valence-electron chi connectivity index (χ1n) is 8.95. The highest BCUT2D eigenvalue weighted by Gasteiger charge is 2.28. The number of hydrogen-bond donors (Lipinski definition) is 0. The molecule has 0 aromatic carbocycles. The molecule has 0 bridgehead atoms. The number of ether oxygens (including phenoxy) is 1. The molecule has 1 fully saturated rings. The van der Waals surface area contributed by atoms with Crippen LogP contribution in [-0.2, 0) is 9.53 Å². The van der Waals surface area contributed by atoms with E-state index >= 15 is 0 Å². The minimum Gasteiger partial charge on any atom is -0.462 e. The molecule has 0 saturated carbocycles. The van der Waals surface area contributed by atoms with Gasteiger partial charge >= 0.3 is 5.97 Å². The largest absolute Gasteiger partial charge is 0.462 e. The third-order valence-electron chi connectivity index (χ3n) is 3.63. The predicted octanol–water partition coefficient (Wildman–Crippen LogP) is 2.99. The maximum Gasteiger partial charge on any atom is 0.330 e. The van der Waals surface area contributed by atoms with Crippen molar-refractivity contribution in [2.45, 2.75) is 48.0 Å². The minimum absolute atomic E-state index is 0.288. The summed E-state index contributed by atoms with van der Waals surface area (Å²) in [6.45, 7) is 23.7. The molecule has 5 heteroatoms. The lowest BCUT2D eigenvalue weighted by atomic mass is 9.95. The van der Waals surface area contributed by atoms with Crippen LogP contribution in [0.1, 0.15) is 48.0 Å². The van der Waals surface area contributed by atoms with E-state index in [4.69, 9.17) is 4.74 Å². The van der Waals surface area contributed by atoms with Gasteiger partial charge in [0.2, 0.25) is 0 Å². The van der Waals surface area contributed by atoms with Crippen molar-refractivity contribution in [2.24, 2.45) is 10.8 Å². The van der Waals surface area contributed by atoms with Gasteiger partial charge in [-0.3, -0.25) is 14.7 Å². The molecule has 1 aliphatic heterocycles. The van der Waals surface area contributed by atoms with E-state index in [2.05, 4.69) is 62.8 Å². The fourth-order valence-electron chi connectivity index (χ4n) is 3.19. The van der Waals surface area contributed by atoms with Gasteiger partial charge in [0.1, 0.15) is 0 Å². The van der Waals surface area contributed by atoms with Gasteiger partial charge < -0.3 is 4.74 Å². The lowest BCUT2D eigenvalue weighted by molar-refractivity contribution is -0.138. The normalized spacial score (nSPS) is 18.6. The van der Waals surface area contributed by atoms with Crippen LogP contribution in [0, 0.1) is 10.8 Å². The summed E-state index contributed by atoms with van der Waals surface area (Å²) in [7, 11) is 0. The predicted molar refractivity (Wildman–Crippen MR) is 99.4 cm³/mol. The monoisotopic (exact) mass is 339 g/mol. The van der Waals surface area contributed by atoms with Gasteiger partial charge in [-0.25, -0.2) is 4.79 Å². The molecular formula is C19H37N3O2. The van der Waals surface area contributed by atoms with Crippen LogP contribution in [0.5, 0.6) is 0 Å². The Morgan fingerprint density at radius 2 is 1.42 bits per heavy atom. The second kappa shape index (κ2) is 8.97. The van der Waals surface area contributed by atoms with Gasteiger partial charge in [0.25, 0.3) is 0 Å². The summed E-state index contributed by atoms with van der Waals surface area (Å²) in [6.07, 6.45) is 2.07. The van der Waals surface area contributed by atoms with Crippen molar-refractivity contribution in [1.29, 1.82) is 0 Å². The summed E-state index contributed by atoms with van der Waals surface area (Å²) in [5.41, 5.74) is 0.575. The fraction of sp³-hybridized carbons (Fsp3) is 0.842. The number of esters is 1. The molecule has 1 aliphatic rings. The first-order valence-corrected chi connectivity index (χ1v) is 8.95. The first-order chi connectivity index (χ1) is 11.0. The van der Waals surface area contributed by atoms with Crippen LogP contribution in [0.15, 0.2) is 12.7 Å². The zero-order valence-corrected chi connectivity index (χ0v) is 16.6. The Bertz CT molecular complexity index is 386. The average Bonchev–Trinajstić information content (AvgIpc) is 2.39. The molecule has 0 aromatic heterocycles. The highest BCUT2D eigenvalue weighted by atomic mass is 16.5. The Balaban J connectivity index is 2.55. The van der Waals surface area contributed by atoms with E-state index in [0.717, 1.165) is 46.1 Å². The summed E-state index contributed by atoms with van der Waals surface area (Å²) in [5.74, 6) is -0.336. The molecule has 0 N–H and O–H groups in total. The number of carbonyl (C=O) groups excluding carboxylic acids is 1. The molecule has 0 radical (unpaired) electrons. The van der Waals surface area contributed by atoms with Crippen LogP contribution in [-0.4, -0.2) is 66.9 Å². The zero-order valence-electron chi connectivity index (χ0n) is 16.6. The summed E-state index contributed by atoms with van der Waals surface area (Å²) in [4.78, 5) is 18.6. The van der Waals surface area contributed by atoms with Gasteiger partial charge in [0.15, 0.2) is 0 Å². The molecule has 0 amide bonds. The summed E-state index contributed by atoms with van der Waals surface area (Å²) in [6, 6.07) is 0. The Morgan fingerprint density at radius 1 is 0.958 bits per heavy atom. The maximum absolute atomic E-state index is 11.1. The molecule has 0 spiro atoms. The highest BCUT2D eigenvalue weighted by Crippen LogP contribution is 2.21. The van der Waals surface area contributed by atoms with Crippen LogP contribution in [0.3, 0.4) is 0 Å². The van der Waals surface area contributed by atoms with E-state index in [1.54, 1.807) is 0 Å². The van der Waals surface area contributed by atoms with E-state index in [0.29, 0.717) is 6.61 Å². The van der Waals surface area contributed by atoms with Gasteiger partial charge in [0.05, 0.1) is 26.6 Å². The van der Waals surface area contributed by atoms with E-state index in [-0.39, 0.29) is 16.8 Å². The quantitative estimate of drug-likeness (QED) is 0.405. The Labute approximate surface area is 148 Å². The molecule has 0 aliphatic carbocycles. The fourth-order valence-corrected chi connectivity index (χ4v) is 3.19. The highest BCUT2D eigenvalue weighted by molar-refractivity contribution is 5.81. The number of rotatable bonds is 7. The molecule has 5 nitrogen and oxygen atoms in total. The van der Waals surface area contributed by atoms with E-state index in [1.807, 2.05) is 0 Å². The second-order valence-corrected chi connectivity index (χ2v) is 9.32. The van der Waals surface area contributed by atoms with E-state index in [9.17, 15) is 4.79 Å². The van der Waals surface area contributed by atoms with E-state index < -0.39 is 0 Å². The molecular weight excluding hydrogens is 302 g/mol. The third kappa shape index (κ3) is 9.40. The molecule has 1 saturated heterocycles. The van der Waals surface area contributed by atoms with Gasteiger partial charge in [-0.2, -0.15) is 0 Å². The Kier molecular flexibility index (Phi) is 7.90. The van der Waals surface area contributed by atoms with Crippen LogP contribution in [0.25, 0.3) is 0 Å². The SMILES string of the molecule is C=CC(=O)OCCCN1CN(CC(C)(C)C)CN(CC(C)(C)C)C1. The molecule has 1 heterocycles. The molecule has 0 unspecified atom stereocenters. The summed E-state index contributed by atoms with van der Waals surface area (Å²) in [5, 5.41) is 0. The van der Waals surface area contributed by atoms with Crippen molar-refractivity contribution in [3.8, 4) is 0 Å². The van der Waals surface area contributed by atoms with E-state index in [1.165, 1.54) is 6.08 Å². The van der Waals surface area contributed by atoms with Crippen LogP contribution in [0.2, 0.25) is 0 Å². The second-order valence-electron chi connectivity index (χ2n) is 9.32. The molecule has 0 atom stereocenters. The lowest BCUT2D eigenvalue weighted by Crippen LogP contribution is -2.57. The topological polar surface area (TPSA) is 36.0 Å². The van der Waals surface area contributed by atoms with Gasteiger partial charge in [-0.1, -0.05) is 48.1 Å². The minimum atomic E-state index is -0.336. The van der Waals surface area contributed by atoms with Crippen molar-refractivity contribution in [1.82, 2.24) is 14.7 Å². The van der Waals surface area contributed by atoms with Gasteiger partial charge in [-0.05, 0) is 17.3 Å². The summed E-state index contributed by atoms with van der Waals surface area (Å²) < 4.78 is 5.09. The zero-order chi connectivity index (χ0) is 18.4. The van der Waals surface area contributed by atoms with Crippen molar-refractivity contribution in [2.75, 3.05) is 46.2 Å². The third-order valence-corrected chi connectivity index (χ3v) is 3.63.